The first-order valence-electron chi connectivity index (χ1n) is 11.3. The molecule has 0 aliphatic carbocycles. The number of carboxylic acids is 1. The lowest BCUT2D eigenvalue weighted by Gasteiger charge is -2.14. The van der Waals surface area contributed by atoms with Gasteiger partial charge < -0.3 is 19.1 Å². The molecular formula is C27H27FN2O4. The summed E-state index contributed by atoms with van der Waals surface area (Å²) in [6.07, 6.45) is 2.89. The second-order valence-electron chi connectivity index (χ2n) is 8.07. The van der Waals surface area contributed by atoms with Gasteiger partial charge in [0.05, 0.1) is 17.6 Å². The van der Waals surface area contributed by atoms with Gasteiger partial charge in [-0.2, -0.15) is 0 Å². The van der Waals surface area contributed by atoms with Crippen molar-refractivity contribution in [1.29, 1.82) is 0 Å². The monoisotopic (exact) mass is 462 g/mol. The first-order chi connectivity index (χ1) is 16.5. The van der Waals surface area contributed by atoms with E-state index in [0.717, 1.165) is 47.5 Å². The molecule has 4 rings (SSSR count). The number of halogens is 1. The van der Waals surface area contributed by atoms with Crippen LogP contribution >= 0.6 is 0 Å². The molecule has 1 heterocycles. The number of imidazole rings is 1. The fraction of sp³-hybridized carbons (Fsp3) is 0.259. The zero-order valence-corrected chi connectivity index (χ0v) is 19.0. The molecule has 0 aliphatic heterocycles. The fourth-order valence-electron chi connectivity index (χ4n) is 3.79. The van der Waals surface area contributed by atoms with Crippen molar-refractivity contribution in [3.63, 3.8) is 0 Å². The Kier molecular flexibility index (Phi) is 7.42. The van der Waals surface area contributed by atoms with Crippen molar-refractivity contribution >= 4 is 17.0 Å². The molecule has 0 fully saturated rings. The molecule has 0 bridgehead atoms. The maximum Gasteiger partial charge on any atom is 0.341 e. The van der Waals surface area contributed by atoms with Crippen molar-refractivity contribution in [3.8, 4) is 11.5 Å². The highest BCUT2D eigenvalue weighted by molar-refractivity contribution is 5.76. The van der Waals surface area contributed by atoms with Crippen LogP contribution in [0, 0.1) is 5.82 Å². The molecule has 6 nitrogen and oxygen atoms in total. The first-order valence-corrected chi connectivity index (χ1v) is 11.3. The summed E-state index contributed by atoms with van der Waals surface area (Å²) in [6.45, 7) is 2.69. The van der Waals surface area contributed by atoms with Gasteiger partial charge >= 0.3 is 5.97 Å². The topological polar surface area (TPSA) is 73.6 Å². The van der Waals surface area contributed by atoms with E-state index in [1.807, 2.05) is 36.4 Å². The number of aryl methyl sites for hydroxylation is 1. The highest BCUT2D eigenvalue weighted by atomic mass is 19.1. The van der Waals surface area contributed by atoms with E-state index >= 15 is 0 Å². The molecule has 0 spiro atoms. The molecule has 0 aliphatic rings. The smallest absolute Gasteiger partial charge is 0.341 e. The predicted molar refractivity (Wildman–Crippen MR) is 128 cm³/mol. The highest BCUT2D eigenvalue weighted by Gasteiger charge is 2.14. The summed E-state index contributed by atoms with van der Waals surface area (Å²) in [5, 5.41) is 8.72. The van der Waals surface area contributed by atoms with Gasteiger partial charge in [0.2, 0.25) is 0 Å². The van der Waals surface area contributed by atoms with E-state index in [1.165, 1.54) is 12.1 Å². The average molecular weight is 463 g/mol. The van der Waals surface area contributed by atoms with Crippen LogP contribution in [0.3, 0.4) is 0 Å². The van der Waals surface area contributed by atoms with Crippen molar-refractivity contribution < 1.29 is 23.8 Å². The van der Waals surface area contributed by atoms with Crippen LogP contribution in [0.5, 0.6) is 11.5 Å². The molecule has 4 aromatic rings. The number of unbranched alkanes of at least 4 members (excludes halogenated alkanes) is 1. The number of rotatable bonds is 11. The number of nitrogens with zero attached hydrogens (tertiary/aromatic N) is 2. The zero-order valence-electron chi connectivity index (χ0n) is 19.0. The number of hydrogen-bond acceptors (Lipinski definition) is 4. The number of carboxylic acid groups (broad SMARTS) is 1. The van der Waals surface area contributed by atoms with Gasteiger partial charge in [-0.05, 0) is 42.3 Å². The normalized spacial score (nSPS) is 11.0. The average Bonchev–Trinajstić information content (AvgIpc) is 3.17. The summed E-state index contributed by atoms with van der Waals surface area (Å²) in [7, 11) is 0. The maximum absolute atomic E-state index is 13.8. The fourth-order valence-corrected chi connectivity index (χ4v) is 3.79. The largest absolute Gasteiger partial charge is 0.489 e. The Labute approximate surface area is 197 Å². The van der Waals surface area contributed by atoms with Crippen LogP contribution in [-0.4, -0.2) is 27.2 Å². The summed E-state index contributed by atoms with van der Waals surface area (Å²) < 4.78 is 27.2. The van der Waals surface area contributed by atoms with Crippen LogP contribution in [0.1, 0.15) is 36.7 Å². The molecule has 7 heteroatoms. The Morgan fingerprint density at radius 3 is 2.62 bits per heavy atom. The standard InChI is InChI=1S/C27H27FN2O4/c1-2-3-8-26-29-23-15-21(28)11-14-24(23)30(26)16-20-6-4-5-7-25(20)34-17-19-9-12-22(13-10-19)33-18-27(31)32/h4-7,9-15H,2-3,8,16-18H2,1H3,(H,31,32). The van der Waals surface area contributed by atoms with Gasteiger partial charge in [-0.1, -0.05) is 43.7 Å². The number of ether oxygens (including phenoxy) is 2. The van der Waals surface area contributed by atoms with E-state index in [0.29, 0.717) is 24.4 Å². The molecule has 176 valence electrons. The number of para-hydroxylation sites is 1. The quantitative estimate of drug-likeness (QED) is 0.314. The van der Waals surface area contributed by atoms with Crippen LogP contribution in [0.15, 0.2) is 66.7 Å². The molecule has 0 atom stereocenters. The third-order valence-electron chi connectivity index (χ3n) is 5.52. The summed E-state index contributed by atoms with van der Waals surface area (Å²) in [5.41, 5.74) is 3.50. The van der Waals surface area contributed by atoms with Crippen molar-refractivity contribution in [1.82, 2.24) is 9.55 Å². The summed E-state index contributed by atoms with van der Waals surface area (Å²) in [5.74, 6) is 0.892. The van der Waals surface area contributed by atoms with Crippen molar-refractivity contribution in [2.45, 2.75) is 39.3 Å². The van der Waals surface area contributed by atoms with Gasteiger partial charge in [0.1, 0.15) is 29.7 Å². The molecule has 1 aromatic heterocycles. The molecule has 34 heavy (non-hydrogen) atoms. The van der Waals surface area contributed by atoms with Crippen molar-refractivity contribution in [2.75, 3.05) is 6.61 Å². The second kappa shape index (κ2) is 10.8. The Morgan fingerprint density at radius 2 is 1.85 bits per heavy atom. The van der Waals surface area contributed by atoms with Crippen molar-refractivity contribution in [3.05, 3.63) is 89.5 Å². The van der Waals surface area contributed by atoms with E-state index in [1.54, 1.807) is 18.2 Å². The Hall–Kier alpha value is -3.87. The Balaban J connectivity index is 1.52. The van der Waals surface area contributed by atoms with Gasteiger partial charge in [0.25, 0.3) is 0 Å². The first kappa shape index (κ1) is 23.3. The molecule has 0 radical (unpaired) electrons. The summed E-state index contributed by atoms with van der Waals surface area (Å²) in [6, 6.07) is 19.7. The maximum atomic E-state index is 13.8. The number of hydrogen-bond donors (Lipinski definition) is 1. The van der Waals surface area contributed by atoms with Crippen LogP contribution in [0.2, 0.25) is 0 Å². The van der Waals surface area contributed by atoms with E-state index in [9.17, 15) is 9.18 Å². The van der Waals surface area contributed by atoms with Gasteiger partial charge in [0.15, 0.2) is 6.61 Å². The number of benzene rings is 3. The van der Waals surface area contributed by atoms with Gasteiger partial charge in [-0.25, -0.2) is 14.2 Å². The molecular weight excluding hydrogens is 435 g/mol. The van der Waals surface area contributed by atoms with Gasteiger partial charge in [-0.3, -0.25) is 0 Å². The minimum atomic E-state index is -1.02. The lowest BCUT2D eigenvalue weighted by Crippen LogP contribution is -2.09. The van der Waals surface area contributed by atoms with E-state index in [-0.39, 0.29) is 12.4 Å². The van der Waals surface area contributed by atoms with Crippen LogP contribution in [0.25, 0.3) is 11.0 Å². The lowest BCUT2D eigenvalue weighted by atomic mass is 10.1. The Bertz CT molecular complexity index is 1270. The summed E-state index contributed by atoms with van der Waals surface area (Å²) >= 11 is 0. The van der Waals surface area contributed by atoms with E-state index < -0.39 is 5.97 Å². The molecule has 3 aromatic carbocycles. The number of aliphatic carboxylic acids is 1. The number of aromatic nitrogens is 2. The van der Waals surface area contributed by atoms with Gasteiger partial charge in [0, 0.05) is 18.1 Å². The summed E-state index contributed by atoms with van der Waals surface area (Å²) in [4.78, 5) is 15.3. The lowest BCUT2D eigenvalue weighted by molar-refractivity contribution is -0.139. The minimum Gasteiger partial charge on any atom is -0.489 e. The molecule has 1 N–H and O–H groups in total. The number of carbonyl (C=O) groups is 1. The van der Waals surface area contributed by atoms with Crippen LogP contribution in [0.4, 0.5) is 4.39 Å². The highest BCUT2D eigenvalue weighted by Crippen LogP contribution is 2.25. The van der Waals surface area contributed by atoms with Crippen molar-refractivity contribution in [2.24, 2.45) is 0 Å². The third-order valence-corrected chi connectivity index (χ3v) is 5.52. The third kappa shape index (κ3) is 5.73. The molecule has 0 saturated carbocycles. The predicted octanol–water partition coefficient (Wildman–Crippen LogP) is 5.61. The van der Waals surface area contributed by atoms with Crippen LogP contribution in [-0.2, 0) is 24.4 Å². The zero-order chi connectivity index (χ0) is 23.9. The SMILES string of the molecule is CCCCc1nc2cc(F)ccc2n1Cc1ccccc1OCc1ccc(OCC(=O)O)cc1. The minimum absolute atomic E-state index is 0.290. The number of fused-ring (bicyclic) bond motifs is 1. The van der Waals surface area contributed by atoms with E-state index in [4.69, 9.17) is 19.6 Å². The Morgan fingerprint density at radius 1 is 1.06 bits per heavy atom. The molecule has 0 amide bonds. The molecule has 0 saturated heterocycles. The second-order valence-corrected chi connectivity index (χ2v) is 8.07. The molecule has 0 unspecified atom stereocenters. The van der Waals surface area contributed by atoms with E-state index in [2.05, 4.69) is 11.5 Å². The van der Waals surface area contributed by atoms with Gasteiger partial charge in [-0.15, -0.1) is 0 Å². The van der Waals surface area contributed by atoms with Crippen LogP contribution < -0.4 is 9.47 Å².